The Bertz CT molecular complexity index is 775. The maximum atomic E-state index is 13.0. The normalized spacial score (nSPS) is 15.8. The van der Waals surface area contributed by atoms with Crippen molar-refractivity contribution in [2.45, 2.75) is 5.75 Å². The first kappa shape index (κ1) is 18.9. The minimum Gasteiger partial charge on any atom is -0.368 e. The second-order valence-electron chi connectivity index (χ2n) is 6.20. The quantitative estimate of drug-likeness (QED) is 0.782. The van der Waals surface area contributed by atoms with Crippen LogP contribution >= 0.6 is 11.6 Å². The molecule has 0 aromatic heterocycles. The second kappa shape index (κ2) is 8.64. The number of halogens is 2. The van der Waals surface area contributed by atoms with Gasteiger partial charge in [0.1, 0.15) is 11.6 Å². The van der Waals surface area contributed by atoms with Crippen molar-refractivity contribution in [3.05, 3.63) is 64.9 Å². The Hall–Kier alpha value is -1.92. The first-order valence-corrected chi connectivity index (χ1v) is 10.3. The van der Waals surface area contributed by atoms with Crippen LogP contribution < -0.4 is 4.90 Å². The van der Waals surface area contributed by atoms with Crippen LogP contribution in [0, 0.1) is 5.82 Å². The van der Waals surface area contributed by atoms with Crippen molar-refractivity contribution in [1.29, 1.82) is 0 Å². The number of amides is 1. The van der Waals surface area contributed by atoms with Crippen LogP contribution in [0.5, 0.6) is 0 Å². The molecule has 1 aliphatic rings. The number of piperazine rings is 1. The van der Waals surface area contributed by atoms with Crippen LogP contribution in [0.25, 0.3) is 0 Å². The molecule has 26 heavy (non-hydrogen) atoms. The van der Waals surface area contributed by atoms with Gasteiger partial charge in [0, 0.05) is 53.4 Å². The molecule has 3 rings (SSSR count). The molecule has 0 bridgehead atoms. The largest absolute Gasteiger partial charge is 0.368 e. The Balaban J connectivity index is 1.48. The fraction of sp³-hybridized carbons (Fsp3) is 0.316. The van der Waals surface area contributed by atoms with Gasteiger partial charge in [-0.1, -0.05) is 23.7 Å². The molecule has 2 aromatic carbocycles. The molecule has 4 nitrogen and oxygen atoms in total. The van der Waals surface area contributed by atoms with Gasteiger partial charge in [0.05, 0.1) is 0 Å². The van der Waals surface area contributed by atoms with E-state index in [-0.39, 0.29) is 17.5 Å². The van der Waals surface area contributed by atoms with Gasteiger partial charge in [-0.25, -0.2) is 4.39 Å². The van der Waals surface area contributed by atoms with Gasteiger partial charge >= 0.3 is 0 Å². The van der Waals surface area contributed by atoms with Crippen LogP contribution in [-0.4, -0.2) is 46.9 Å². The highest BCUT2D eigenvalue weighted by atomic mass is 35.5. The highest BCUT2D eigenvalue weighted by Crippen LogP contribution is 2.17. The zero-order chi connectivity index (χ0) is 18.5. The predicted molar refractivity (Wildman–Crippen MR) is 103 cm³/mol. The lowest BCUT2D eigenvalue weighted by molar-refractivity contribution is -0.128. The van der Waals surface area contributed by atoms with Gasteiger partial charge in [-0.05, 0) is 42.0 Å². The molecule has 2 aromatic rings. The monoisotopic (exact) mass is 394 g/mol. The average molecular weight is 395 g/mol. The number of hydrogen-bond donors (Lipinski definition) is 0. The van der Waals surface area contributed by atoms with E-state index < -0.39 is 10.8 Å². The first-order valence-electron chi connectivity index (χ1n) is 8.39. The van der Waals surface area contributed by atoms with Gasteiger partial charge in [0.15, 0.2) is 0 Å². The number of anilines is 1. The van der Waals surface area contributed by atoms with Crippen LogP contribution in [0.15, 0.2) is 48.5 Å². The molecule has 0 spiro atoms. The van der Waals surface area contributed by atoms with Crippen molar-refractivity contribution >= 4 is 34.0 Å². The standard InChI is InChI=1S/C19H20ClFN2O2S/c20-16-3-1-15(2-4-16)13-26(25)14-19(24)23-11-9-22(10-12-23)18-7-5-17(21)6-8-18/h1-8H,9-14H2/t26-/m0/s1. The summed E-state index contributed by atoms with van der Waals surface area (Å²) in [6, 6.07) is 13.5. The molecule has 1 amide bonds. The van der Waals surface area contributed by atoms with Crippen LogP contribution in [0.1, 0.15) is 5.56 Å². The third kappa shape index (κ3) is 5.05. The Kier molecular flexibility index (Phi) is 6.27. The van der Waals surface area contributed by atoms with Gasteiger partial charge < -0.3 is 9.80 Å². The van der Waals surface area contributed by atoms with E-state index in [0.717, 1.165) is 11.3 Å². The van der Waals surface area contributed by atoms with Gasteiger partial charge in [0.2, 0.25) is 5.91 Å². The van der Waals surface area contributed by atoms with Crippen molar-refractivity contribution in [2.75, 3.05) is 36.8 Å². The number of carbonyl (C=O) groups excluding carboxylic acids is 1. The molecule has 1 heterocycles. The van der Waals surface area contributed by atoms with Gasteiger partial charge in [0.25, 0.3) is 0 Å². The topological polar surface area (TPSA) is 40.6 Å². The van der Waals surface area contributed by atoms with Crippen LogP contribution in [-0.2, 0) is 21.3 Å². The minimum absolute atomic E-state index is 0.0270. The van der Waals surface area contributed by atoms with E-state index in [9.17, 15) is 13.4 Å². The smallest absolute Gasteiger partial charge is 0.235 e. The van der Waals surface area contributed by atoms with Gasteiger partial charge in [-0.3, -0.25) is 9.00 Å². The lowest BCUT2D eigenvalue weighted by Crippen LogP contribution is -2.50. The maximum Gasteiger partial charge on any atom is 0.235 e. The molecule has 0 aliphatic carbocycles. The number of carbonyl (C=O) groups is 1. The van der Waals surface area contributed by atoms with E-state index in [0.29, 0.717) is 37.0 Å². The van der Waals surface area contributed by atoms with Crippen molar-refractivity contribution in [3.63, 3.8) is 0 Å². The van der Waals surface area contributed by atoms with Crippen LogP contribution in [0.3, 0.4) is 0 Å². The molecule has 0 N–H and O–H groups in total. The number of rotatable bonds is 5. The molecule has 1 aliphatic heterocycles. The highest BCUT2D eigenvalue weighted by molar-refractivity contribution is 7.84. The number of hydrogen-bond acceptors (Lipinski definition) is 3. The first-order chi connectivity index (χ1) is 12.5. The summed E-state index contributed by atoms with van der Waals surface area (Å²) in [5.41, 5.74) is 1.85. The molecular weight excluding hydrogens is 375 g/mol. The third-order valence-electron chi connectivity index (χ3n) is 4.35. The molecule has 0 saturated carbocycles. The van der Waals surface area contributed by atoms with E-state index in [1.165, 1.54) is 12.1 Å². The zero-order valence-electron chi connectivity index (χ0n) is 14.2. The third-order valence-corrected chi connectivity index (χ3v) is 5.83. The molecule has 0 radical (unpaired) electrons. The van der Waals surface area contributed by atoms with E-state index in [2.05, 4.69) is 4.90 Å². The Morgan fingerprint density at radius 3 is 2.23 bits per heavy atom. The molecule has 1 saturated heterocycles. The molecular formula is C19H20ClFN2O2S. The van der Waals surface area contributed by atoms with E-state index in [1.54, 1.807) is 29.2 Å². The molecule has 138 valence electrons. The lowest BCUT2D eigenvalue weighted by atomic mass is 10.2. The van der Waals surface area contributed by atoms with Crippen molar-refractivity contribution in [2.24, 2.45) is 0 Å². The summed E-state index contributed by atoms with van der Waals surface area (Å²) >= 11 is 5.84. The fourth-order valence-corrected chi connectivity index (χ4v) is 4.16. The molecule has 0 unspecified atom stereocenters. The summed E-state index contributed by atoms with van der Waals surface area (Å²) in [6.07, 6.45) is 0. The summed E-state index contributed by atoms with van der Waals surface area (Å²) in [7, 11) is -1.25. The SMILES string of the molecule is O=C(C[S@@](=O)Cc1ccc(Cl)cc1)N1CCN(c2ccc(F)cc2)CC1. The summed E-state index contributed by atoms with van der Waals surface area (Å²) in [6.45, 7) is 2.52. The zero-order valence-corrected chi connectivity index (χ0v) is 15.8. The van der Waals surface area contributed by atoms with Crippen molar-refractivity contribution in [1.82, 2.24) is 4.90 Å². The summed E-state index contributed by atoms with van der Waals surface area (Å²) in [5.74, 6) is 0.0271. The Morgan fingerprint density at radius 2 is 1.62 bits per heavy atom. The van der Waals surface area contributed by atoms with Crippen molar-refractivity contribution in [3.8, 4) is 0 Å². The molecule has 1 atom stereocenters. The summed E-state index contributed by atoms with van der Waals surface area (Å²) in [4.78, 5) is 16.3. The fourth-order valence-electron chi connectivity index (χ4n) is 2.91. The summed E-state index contributed by atoms with van der Waals surface area (Å²) in [5, 5.41) is 0.634. The molecule has 7 heteroatoms. The minimum atomic E-state index is -1.25. The van der Waals surface area contributed by atoms with E-state index >= 15 is 0 Å². The lowest BCUT2D eigenvalue weighted by Gasteiger charge is -2.36. The van der Waals surface area contributed by atoms with Gasteiger partial charge in [-0.2, -0.15) is 0 Å². The van der Waals surface area contributed by atoms with Gasteiger partial charge in [-0.15, -0.1) is 0 Å². The highest BCUT2D eigenvalue weighted by Gasteiger charge is 2.22. The molecule has 1 fully saturated rings. The van der Waals surface area contributed by atoms with E-state index in [4.69, 9.17) is 11.6 Å². The predicted octanol–water partition coefficient (Wildman–Crippen LogP) is 3.08. The van der Waals surface area contributed by atoms with Crippen LogP contribution in [0.4, 0.5) is 10.1 Å². The number of nitrogens with zero attached hydrogens (tertiary/aromatic N) is 2. The van der Waals surface area contributed by atoms with Crippen LogP contribution in [0.2, 0.25) is 5.02 Å². The summed E-state index contributed by atoms with van der Waals surface area (Å²) < 4.78 is 25.3. The number of benzene rings is 2. The Morgan fingerprint density at radius 1 is 1.00 bits per heavy atom. The van der Waals surface area contributed by atoms with Crippen molar-refractivity contribution < 1.29 is 13.4 Å². The Labute approximate surface area is 160 Å². The van der Waals surface area contributed by atoms with E-state index in [1.807, 2.05) is 12.1 Å². The average Bonchev–Trinajstić information content (AvgIpc) is 2.64. The maximum absolute atomic E-state index is 13.0. The second-order valence-corrected chi connectivity index (χ2v) is 8.09.